The second-order valence-electron chi connectivity index (χ2n) is 2.82. The number of hydrogen-bond donors (Lipinski definition) is 0. The van der Waals surface area contributed by atoms with Crippen LogP contribution in [0, 0.1) is 0 Å². The van der Waals surface area contributed by atoms with E-state index >= 15 is 0 Å². The van der Waals surface area contributed by atoms with E-state index in [1.807, 2.05) is 0 Å². The minimum Gasteiger partial charge on any atom is -0.327 e. The molecule has 0 unspecified atom stereocenters. The molecule has 0 radical (unpaired) electrons. The molecule has 0 aromatic heterocycles. The Bertz CT molecular complexity index is 85.6. The third-order valence-corrected chi connectivity index (χ3v) is 2.29. The van der Waals surface area contributed by atoms with Crippen LogP contribution in [-0.2, 0) is 0 Å². The Morgan fingerprint density at radius 3 is 1.08 bits per heavy atom. The summed E-state index contributed by atoms with van der Waals surface area (Å²) in [6.45, 7) is 10.5. The van der Waals surface area contributed by atoms with E-state index in [2.05, 4.69) is 27.8 Å². The van der Waals surface area contributed by atoms with Crippen LogP contribution in [0.4, 0.5) is 12.9 Å². The molecule has 0 fully saturated rings. The summed E-state index contributed by atoms with van der Waals surface area (Å²) in [4.78, 5) is 0. The maximum absolute atomic E-state index is 9.67. The number of hydrogen-bond acceptors (Lipinski definition) is 0. The fourth-order valence-corrected chi connectivity index (χ4v) is 0.671. The van der Waals surface area contributed by atoms with Gasteiger partial charge >= 0.3 is 7.54 Å². The zero-order chi connectivity index (χ0) is 10.2. The molecular formula is C7H18BF3N+. The van der Waals surface area contributed by atoms with Gasteiger partial charge in [-0.25, -0.2) is 0 Å². The van der Waals surface area contributed by atoms with Crippen LogP contribution in [0.25, 0.3) is 0 Å². The first-order valence-corrected chi connectivity index (χ1v) is 4.17. The van der Waals surface area contributed by atoms with Crippen molar-refractivity contribution in [3.8, 4) is 0 Å². The van der Waals surface area contributed by atoms with Crippen molar-refractivity contribution in [2.24, 2.45) is 0 Å². The average molecular weight is 184 g/mol. The van der Waals surface area contributed by atoms with Gasteiger partial charge in [-0.05, 0) is 20.8 Å². The molecule has 0 aromatic carbocycles. The Balaban J connectivity index is 0. The zero-order valence-electron chi connectivity index (χ0n) is 8.28. The van der Waals surface area contributed by atoms with Crippen molar-refractivity contribution in [1.82, 2.24) is 0 Å². The summed E-state index contributed by atoms with van der Waals surface area (Å²) in [6, 6.07) is 0. The topological polar surface area (TPSA) is 0 Å². The van der Waals surface area contributed by atoms with Crippen molar-refractivity contribution >= 4 is 7.54 Å². The molecule has 12 heavy (non-hydrogen) atoms. The van der Waals surface area contributed by atoms with Gasteiger partial charge in [0.1, 0.15) is 0 Å². The molecule has 0 saturated carbocycles. The van der Waals surface area contributed by atoms with Gasteiger partial charge in [-0.3, -0.25) is 12.9 Å². The van der Waals surface area contributed by atoms with Crippen molar-refractivity contribution in [3.05, 3.63) is 0 Å². The maximum atomic E-state index is 9.67. The highest BCUT2D eigenvalue weighted by molar-refractivity contribution is 6.33. The molecule has 0 aliphatic heterocycles. The molecule has 0 saturated heterocycles. The fraction of sp³-hybridized carbons (Fsp3) is 1.00. The molecule has 0 spiro atoms. The summed E-state index contributed by atoms with van der Waals surface area (Å²) in [6.07, 6.45) is 0. The Hall–Kier alpha value is -0.185. The van der Waals surface area contributed by atoms with E-state index in [1.165, 1.54) is 24.1 Å². The van der Waals surface area contributed by atoms with Crippen molar-refractivity contribution in [2.75, 3.05) is 26.7 Å². The Labute approximate surface area is 73.4 Å². The summed E-state index contributed by atoms with van der Waals surface area (Å²) >= 11 is 0. The average Bonchev–Trinajstić information content (AvgIpc) is 2.02. The number of nitrogens with zero attached hydrogens (tertiary/aromatic N) is 1. The van der Waals surface area contributed by atoms with Gasteiger partial charge in [-0.2, -0.15) is 0 Å². The molecule has 0 rings (SSSR count). The van der Waals surface area contributed by atoms with Crippen LogP contribution < -0.4 is 0 Å². The standard InChI is InChI=1S/C7H18N.BF3/c1-5-8(4,6-2)7-3;2-1(3)4/h5-7H2,1-4H3;/q+1;. The van der Waals surface area contributed by atoms with Gasteiger partial charge in [-0.15, -0.1) is 0 Å². The second kappa shape index (κ2) is 7.46. The van der Waals surface area contributed by atoms with Gasteiger partial charge in [0.2, 0.25) is 0 Å². The van der Waals surface area contributed by atoms with Crippen LogP contribution in [0.5, 0.6) is 0 Å². The summed E-state index contributed by atoms with van der Waals surface area (Å²) in [5.74, 6) is 0. The number of rotatable bonds is 3. The maximum Gasteiger partial charge on any atom is 0.762 e. The quantitative estimate of drug-likeness (QED) is 0.466. The molecule has 0 amide bonds. The van der Waals surface area contributed by atoms with Crippen molar-refractivity contribution in [1.29, 1.82) is 0 Å². The molecule has 1 nitrogen and oxygen atoms in total. The van der Waals surface area contributed by atoms with Gasteiger partial charge in [0.05, 0.1) is 26.7 Å². The van der Waals surface area contributed by atoms with Gasteiger partial charge < -0.3 is 4.48 Å². The first-order chi connectivity index (χ1) is 5.41. The van der Waals surface area contributed by atoms with E-state index in [0.717, 1.165) is 0 Å². The normalized spacial score (nSPS) is 10.2. The first kappa shape index (κ1) is 14.3. The van der Waals surface area contributed by atoms with Gasteiger partial charge in [0, 0.05) is 0 Å². The highest BCUT2D eigenvalue weighted by atomic mass is 19.4. The molecule has 0 aliphatic rings. The summed E-state index contributed by atoms with van der Waals surface area (Å²) < 4.78 is 30.2. The lowest BCUT2D eigenvalue weighted by atomic mass is 10.4. The molecule has 0 N–H and O–H groups in total. The van der Waals surface area contributed by atoms with E-state index in [1.54, 1.807) is 0 Å². The monoisotopic (exact) mass is 184 g/mol. The summed E-state index contributed by atoms with van der Waals surface area (Å²) in [5.41, 5.74) is 0. The predicted molar refractivity (Wildman–Crippen MR) is 46.9 cm³/mol. The van der Waals surface area contributed by atoms with E-state index in [9.17, 15) is 12.9 Å². The lowest BCUT2D eigenvalue weighted by molar-refractivity contribution is -0.904. The Kier molecular flexibility index (Phi) is 8.92. The second-order valence-corrected chi connectivity index (χ2v) is 2.82. The minimum atomic E-state index is -3.67. The first-order valence-electron chi connectivity index (χ1n) is 4.17. The van der Waals surface area contributed by atoms with E-state index in [4.69, 9.17) is 0 Å². The van der Waals surface area contributed by atoms with Crippen LogP contribution in [0.2, 0.25) is 0 Å². The largest absolute Gasteiger partial charge is 0.762 e. The van der Waals surface area contributed by atoms with Crippen LogP contribution in [-0.4, -0.2) is 38.7 Å². The van der Waals surface area contributed by atoms with Crippen LogP contribution in [0.3, 0.4) is 0 Å². The molecule has 74 valence electrons. The zero-order valence-corrected chi connectivity index (χ0v) is 8.28. The van der Waals surface area contributed by atoms with E-state index < -0.39 is 7.54 Å². The Morgan fingerprint density at radius 2 is 1.08 bits per heavy atom. The molecule has 0 heterocycles. The van der Waals surface area contributed by atoms with Gasteiger partial charge in [0.15, 0.2) is 0 Å². The van der Waals surface area contributed by atoms with E-state index in [0.29, 0.717) is 0 Å². The summed E-state index contributed by atoms with van der Waals surface area (Å²) in [7, 11) is -1.38. The fourth-order valence-electron chi connectivity index (χ4n) is 0.671. The molecule has 0 atom stereocenters. The third kappa shape index (κ3) is 9.81. The highest BCUT2D eigenvalue weighted by Gasteiger charge is 2.10. The third-order valence-electron chi connectivity index (χ3n) is 2.29. The SMILES string of the molecule is CC[N+](C)(CC)CC.FB(F)F. The van der Waals surface area contributed by atoms with E-state index in [-0.39, 0.29) is 0 Å². The number of quaternary nitrogens is 1. The Morgan fingerprint density at radius 1 is 0.917 bits per heavy atom. The molecule has 0 aliphatic carbocycles. The lowest BCUT2D eigenvalue weighted by Gasteiger charge is -2.30. The van der Waals surface area contributed by atoms with Crippen molar-refractivity contribution in [2.45, 2.75) is 20.8 Å². The predicted octanol–water partition coefficient (Wildman–Crippen LogP) is 2.37. The number of halogens is 3. The van der Waals surface area contributed by atoms with Crippen LogP contribution >= 0.6 is 0 Å². The van der Waals surface area contributed by atoms with Crippen LogP contribution in [0.15, 0.2) is 0 Å². The van der Waals surface area contributed by atoms with Crippen molar-refractivity contribution in [3.63, 3.8) is 0 Å². The van der Waals surface area contributed by atoms with Crippen LogP contribution in [0.1, 0.15) is 20.8 Å². The van der Waals surface area contributed by atoms with Crippen molar-refractivity contribution < 1.29 is 17.4 Å². The van der Waals surface area contributed by atoms with Gasteiger partial charge in [0.25, 0.3) is 0 Å². The molecule has 0 bridgehead atoms. The molecule has 5 heteroatoms. The lowest BCUT2D eigenvalue weighted by Crippen LogP contribution is -2.42. The van der Waals surface area contributed by atoms with Gasteiger partial charge in [-0.1, -0.05) is 0 Å². The smallest absolute Gasteiger partial charge is 0.327 e. The molecular weight excluding hydrogens is 166 g/mol. The molecule has 0 aromatic rings. The minimum absolute atomic E-state index is 1.21. The highest BCUT2D eigenvalue weighted by Crippen LogP contribution is 1.97. The summed E-state index contributed by atoms with van der Waals surface area (Å²) in [5, 5.41) is 0.